The van der Waals surface area contributed by atoms with Crippen LogP contribution in [-0.4, -0.2) is 25.0 Å². The number of hydrogen-bond acceptors (Lipinski definition) is 3. The van der Waals surface area contributed by atoms with Gasteiger partial charge in [0.05, 0.1) is 11.4 Å². The molecule has 0 aliphatic carbocycles. The van der Waals surface area contributed by atoms with Crippen molar-refractivity contribution in [1.29, 1.82) is 0 Å². The number of hydrogen-bond donors (Lipinski definition) is 1. The third-order valence-corrected chi connectivity index (χ3v) is 3.74. The molecule has 0 saturated heterocycles. The van der Waals surface area contributed by atoms with Crippen molar-refractivity contribution in [3.05, 3.63) is 53.6 Å². The SMILES string of the molecule is CC1Oc2ccc(C(=O)Nc3ccc(F)cc3F)cc2N(C)C1=O. The Morgan fingerprint density at radius 3 is 2.67 bits per heavy atom. The Morgan fingerprint density at radius 1 is 1.21 bits per heavy atom. The number of ether oxygens (including phenoxy) is 1. The summed E-state index contributed by atoms with van der Waals surface area (Å²) in [6.45, 7) is 1.64. The van der Waals surface area contributed by atoms with Gasteiger partial charge in [-0.2, -0.15) is 0 Å². The summed E-state index contributed by atoms with van der Waals surface area (Å²) in [6, 6.07) is 7.44. The Labute approximate surface area is 136 Å². The Bertz CT molecular complexity index is 839. The molecule has 0 bridgehead atoms. The lowest BCUT2D eigenvalue weighted by molar-refractivity contribution is -0.125. The van der Waals surface area contributed by atoms with Crippen LogP contribution in [0.4, 0.5) is 20.2 Å². The van der Waals surface area contributed by atoms with E-state index in [1.807, 2.05) is 0 Å². The lowest BCUT2D eigenvalue weighted by Crippen LogP contribution is -2.42. The topological polar surface area (TPSA) is 58.6 Å². The van der Waals surface area contributed by atoms with Gasteiger partial charge in [0.1, 0.15) is 17.4 Å². The van der Waals surface area contributed by atoms with Gasteiger partial charge in [0.25, 0.3) is 11.8 Å². The van der Waals surface area contributed by atoms with Crippen LogP contribution in [0.25, 0.3) is 0 Å². The number of halogens is 2. The molecule has 1 unspecified atom stereocenters. The fraction of sp³-hybridized carbons (Fsp3) is 0.176. The van der Waals surface area contributed by atoms with Gasteiger partial charge in [-0.1, -0.05) is 0 Å². The number of anilines is 2. The zero-order valence-electron chi connectivity index (χ0n) is 13.0. The Balaban J connectivity index is 1.88. The van der Waals surface area contributed by atoms with Gasteiger partial charge in [0, 0.05) is 18.7 Å². The minimum absolute atomic E-state index is 0.131. The Morgan fingerprint density at radius 2 is 1.96 bits per heavy atom. The minimum Gasteiger partial charge on any atom is -0.479 e. The van der Waals surface area contributed by atoms with Crippen molar-refractivity contribution < 1.29 is 23.1 Å². The van der Waals surface area contributed by atoms with Crippen molar-refractivity contribution in [2.75, 3.05) is 17.3 Å². The number of rotatable bonds is 2. The summed E-state index contributed by atoms with van der Waals surface area (Å²) in [5.74, 6) is -1.93. The Hall–Kier alpha value is -2.96. The number of nitrogens with zero attached hydrogens (tertiary/aromatic N) is 1. The first-order chi connectivity index (χ1) is 11.4. The smallest absolute Gasteiger partial charge is 0.267 e. The maximum Gasteiger partial charge on any atom is 0.267 e. The van der Waals surface area contributed by atoms with Crippen molar-refractivity contribution in [2.24, 2.45) is 0 Å². The second-order valence-corrected chi connectivity index (χ2v) is 5.42. The molecule has 2 aromatic rings. The minimum atomic E-state index is -0.870. The van der Waals surface area contributed by atoms with Crippen LogP contribution < -0.4 is 15.0 Å². The first-order valence-corrected chi connectivity index (χ1v) is 7.21. The van der Waals surface area contributed by atoms with E-state index < -0.39 is 23.6 Å². The van der Waals surface area contributed by atoms with Crippen molar-refractivity contribution in [3.8, 4) is 5.75 Å². The molecule has 7 heteroatoms. The van der Waals surface area contributed by atoms with Crippen LogP contribution in [0.1, 0.15) is 17.3 Å². The van der Waals surface area contributed by atoms with E-state index in [2.05, 4.69) is 5.32 Å². The van der Waals surface area contributed by atoms with Gasteiger partial charge in [-0.15, -0.1) is 0 Å². The molecule has 2 amide bonds. The van der Waals surface area contributed by atoms with Gasteiger partial charge in [-0.25, -0.2) is 8.78 Å². The van der Waals surface area contributed by atoms with Gasteiger partial charge in [-0.3, -0.25) is 9.59 Å². The molecule has 0 aromatic heterocycles. The molecule has 0 saturated carbocycles. The summed E-state index contributed by atoms with van der Waals surface area (Å²) in [6.07, 6.45) is -0.601. The second-order valence-electron chi connectivity index (χ2n) is 5.42. The van der Waals surface area contributed by atoms with Crippen LogP contribution >= 0.6 is 0 Å². The van der Waals surface area contributed by atoms with E-state index in [9.17, 15) is 18.4 Å². The highest BCUT2D eigenvalue weighted by molar-refractivity contribution is 6.07. The lowest BCUT2D eigenvalue weighted by Gasteiger charge is -2.30. The summed E-state index contributed by atoms with van der Waals surface area (Å²) < 4.78 is 32.0. The number of carbonyl (C=O) groups is 2. The second kappa shape index (κ2) is 5.92. The maximum atomic E-state index is 13.6. The van der Waals surface area contributed by atoms with Gasteiger partial charge in [0.15, 0.2) is 6.10 Å². The predicted molar refractivity (Wildman–Crippen MR) is 84.3 cm³/mol. The first kappa shape index (κ1) is 15.9. The van der Waals surface area contributed by atoms with Crippen LogP contribution in [0, 0.1) is 11.6 Å². The maximum absolute atomic E-state index is 13.6. The number of benzene rings is 2. The van der Waals surface area contributed by atoms with Crippen LogP contribution in [0.3, 0.4) is 0 Å². The van der Waals surface area contributed by atoms with Crippen LogP contribution in [0.15, 0.2) is 36.4 Å². The van der Waals surface area contributed by atoms with Gasteiger partial charge >= 0.3 is 0 Å². The number of carbonyl (C=O) groups excluding carboxylic acids is 2. The zero-order chi connectivity index (χ0) is 17.4. The quantitative estimate of drug-likeness (QED) is 0.920. The third-order valence-electron chi connectivity index (χ3n) is 3.74. The fourth-order valence-electron chi connectivity index (χ4n) is 2.44. The first-order valence-electron chi connectivity index (χ1n) is 7.21. The normalized spacial score (nSPS) is 16.4. The van der Waals surface area contributed by atoms with Crippen molar-refractivity contribution in [1.82, 2.24) is 0 Å². The molecule has 0 spiro atoms. The molecular formula is C17H14F2N2O3. The third kappa shape index (κ3) is 2.80. The lowest BCUT2D eigenvalue weighted by atomic mass is 10.1. The molecule has 2 aromatic carbocycles. The number of amides is 2. The largest absolute Gasteiger partial charge is 0.479 e. The van der Waals surface area contributed by atoms with Crippen LogP contribution in [0.5, 0.6) is 5.75 Å². The number of nitrogens with one attached hydrogen (secondary N) is 1. The molecule has 1 aliphatic heterocycles. The van der Waals surface area contributed by atoms with Crippen molar-refractivity contribution >= 4 is 23.2 Å². The summed E-state index contributed by atoms with van der Waals surface area (Å²) in [5, 5.41) is 2.37. The van der Waals surface area contributed by atoms with Gasteiger partial charge in [-0.05, 0) is 37.3 Å². The van der Waals surface area contributed by atoms with Crippen LogP contribution in [0.2, 0.25) is 0 Å². The zero-order valence-corrected chi connectivity index (χ0v) is 13.0. The Kier molecular flexibility index (Phi) is 3.92. The number of likely N-dealkylation sites (N-methyl/N-ethyl adjacent to an activating group) is 1. The number of fused-ring (bicyclic) bond motifs is 1. The standard InChI is InChI=1S/C17H14F2N2O3/c1-9-17(23)21(2)14-7-10(3-6-15(14)24-9)16(22)20-13-5-4-11(18)8-12(13)19/h3-9H,1-2H3,(H,20,22). The predicted octanol–water partition coefficient (Wildman–Crippen LogP) is 2.96. The average molecular weight is 332 g/mol. The molecular weight excluding hydrogens is 318 g/mol. The van der Waals surface area contributed by atoms with Crippen LogP contribution in [-0.2, 0) is 4.79 Å². The molecule has 0 radical (unpaired) electrons. The van der Waals surface area contributed by atoms with E-state index >= 15 is 0 Å². The molecule has 0 fully saturated rings. The highest BCUT2D eigenvalue weighted by Gasteiger charge is 2.29. The molecule has 1 heterocycles. The summed E-state index contributed by atoms with van der Waals surface area (Å²) >= 11 is 0. The van der Waals surface area contributed by atoms with E-state index in [0.717, 1.165) is 12.1 Å². The van der Waals surface area contributed by atoms with Gasteiger partial charge < -0.3 is 15.0 Å². The molecule has 1 aliphatic rings. The summed E-state index contributed by atoms with van der Waals surface area (Å²) in [7, 11) is 1.58. The molecule has 1 N–H and O–H groups in total. The van der Waals surface area contributed by atoms with E-state index in [4.69, 9.17) is 4.74 Å². The molecule has 1 atom stereocenters. The van der Waals surface area contributed by atoms with E-state index in [0.29, 0.717) is 17.5 Å². The fourth-order valence-corrected chi connectivity index (χ4v) is 2.44. The van der Waals surface area contributed by atoms with E-state index in [-0.39, 0.29) is 17.2 Å². The average Bonchev–Trinajstić information content (AvgIpc) is 2.55. The molecule has 124 valence electrons. The molecule has 24 heavy (non-hydrogen) atoms. The van der Waals surface area contributed by atoms with E-state index in [1.54, 1.807) is 20.0 Å². The van der Waals surface area contributed by atoms with Crippen molar-refractivity contribution in [2.45, 2.75) is 13.0 Å². The highest BCUT2D eigenvalue weighted by Crippen LogP contribution is 2.34. The highest BCUT2D eigenvalue weighted by atomic mass is 19.1. The van der Waals surface area contributed by atoms with E-state index in [1.165, 1.54) is 17.0 Å². The van der Waals surface area contributed by atoms with Gasteiger partial charge in [0.2, 0.25) is 0 Å². The summed E-state index contributed by atoms with van der Waals surface area (Å²) in [4.78, 5) is 25.6. The molecule has 3 rings (SSSR count). The monoisotopic (exact) mass is 332 g/mol. The van der Waals surface area contributed by atoms with Crippen molar-refractivity contribution in [3.63, 3.8) is 0 Å². The summed E-state index contributed by atoms with van der Waals surface area (Å²) in [5.41, 5.74) is 0.536. The molecule has 5 nitrogen and oxygen atoms in total.